The van der Waals surface area contributed by atoms with E-state index in [-0.39, 0.29) is 29.6 Å². The number of ether oxygens (including phenoxy) is 1. The number of hydrogen-bond acceptors (Lipinski definition) is 2. The Balaban J connectivity index is 0.00000225. The lowest BCUT2D eigenvalue weighted by Gasteiger charge is -2.39. The summed E-state index contributed by atoms with van der Waals surface area (Å²) in [5.74, 6) is 0.892. The second-order valence-electron chi connectivity index (χ2n) is 3.97. The van der Waals surface area contributed by atoms with Crippen molar-refractivity contribution in [3.63, 3.8) is 0 Å². The zero-order valence-corrected chi connectivity index (χ0v) is 12.8. The molecule has 0 atom stereocenters. The molecule has 0 unspecified atom stereocenters. The van der Waals surface area contributed by atoms with E-state index in [0.29, 0.717) is 0 Å². The van der Waals surface area contributed by atoms with E-state index >= 15 is 0 Å². The van der Waals surface area contributed by atoms with Gasteiger partial charge in [-0.3, -0.25) is 4.99 Å². The standard InChI is InChI=1S/C11H23N3O.HI/c1-4-12-10(13-5-2)14-9-11(15-3)7-6-8-11;/h4-9H2,1-3H3,(H2,12,13,14);1H. The predicted molar refractivity (Wildman–Crippen MR) is 78.7 cm³/mol. The van der Waals surface area contributed by atoms with Gasteiger partial charge in [-0.25, -0.2) is 0 Å². The molecule has 0 spiro atoms. The first-order chi connectivity index (χ1) is 7.26. The Bertz CT molecular complexity index is 204. The maximum Gasteiger partial charge on any atom is 0.191 e. The summed E-state index contributed by atoms with van der Waals surface area (Å²) in [6, 6.07) is 0. The maximum atomic E-state index is 5.52. The minimum Gasteiger partial charge on any atom is -0.376 e. The van der Waals surface area contributed by atoms with Gasteiger partial charge in [-0.2, -0.15) is 0 Å². The molecule has 0 saturated heterocycles. The molecule has 0 bridgehead atoms. The molecular weight excluding hydrogens is 317 g/mol. The predicted octanol–water partition coefficient (Wildman–Crippen LogP) is 1.75. The van der Waals surface area contributed by atoms with Gasteiger partial charge in [0.25, 0.3) is 0 Å². The number of guanidine groups is 1. The van der Waals surface area contributed by atoms with Crippen molar-refractivity contribution in [2.45, 2.75) is 38.7 Å². The van der Waals surface area contributed by atoms with Crippen LogP contribution in [-0.4, -0.2) is 38.3 Å². The Kier molecular flexibility index (Phi) is 8.09. The minimum atomic E-state index is 0. The monoisotopic (exact) mass is 341 g/mol. The highest BCUT2D eigenvalue weighted by molar-refractivity contribution is 14.0. The molecule has 0 radical (unpaired) electrons. The third-order valence-corrected chi connectivity index (χ3v) is 2.91. The molecule has 1 aliphatic rings. The van der Waals surface area contributed by atoms with Crippen LogP contribution in [0.3, 0.4) is 0 Å². The van der Waals surface area contributed by atoms with E-state index in [9.17, 15) is 0 Å². The molecule has 0 aromatic rings. The highest BCUT2D eigenvalue weighted by atomic mass is 127. The average Bonchev–Trinajstić information content (AvgIpc) is 2.17. The molecule has 1 aliphatic carbocycles. The normalized spacial score (nSPS) is 16.7. The summed E-state index contributed by atoms with van der Waals surface area (Å²) in [5.41, 5.74) is 0.0239. The Morgan fingerprint density at radius 2 is 1.81 bits per heavy atom. The number of rotatable bonds is 5. The van der Waals surface area contributed by atoms with Gasteiger partial charge in [-0.1, -0.05) is 0 Å². The van der Waals surface area contributed by atoms with Crippen molar-refractivity contribution in [3.05, 3.63) is 0 Å². The lowest BCUT2D eigenvalue weighted by Crippen LogP contribution is -2.44. The Morgan fingerprint density at radius 3 is 2.12 bits per heavy atom. The largest absolute Gasteiger partial charge is 0.376 e. The van der Waals surface area contributed by atoms with Gasteiger partial charge in [-0.15, -0.1) is 24.0 Å². The third kappa shape index (κ3) is 4.45. The van der Waals surface area contributed by atoms with Crippen molar-refractivity contribution in [1.29, 1.82) is 0 Å². The summed E-state index contributed by atoms with van der Waals surface area (Å²) in [6.45, 7) is 6.70. The van der Waals surface area contributed by atoms with E-state index in [1.807, 2.05) is 0 Å². The van der Waals surface area contributed by atoms with Gasteiger partial charge in [-0.05, 0) is 33.1 Å². The van der Waals surface area contributed by atoms with Crippen LogP contribution >= 0.6 is 24.0 Å². The van der Waals surface area contributed by atoms with Crippen LogP contribution in [0.25, 0.3) is 0 Å². The topological polar surface area (TPSA) is 45.7 Å². The summed E-state index contributed by atoms with van der Waals surface area (Å²) in [6.07, 6.45) is 3.54. The molecule has 1 rings (SSSR count). The van der Waals surface area contributed by atoms with E-state index in [2.05, 4.69) is 29.5 Å². The van der Waals surface area contributed by atoms with Crippen LogP contribution < -0.4 is 10.6 Å². The van der Waals surface area contributed by atoms with Gasteiger partial charge in [0, 0.05) is 20.2 Å². The summed E-state index contributed by atoms with van der Waals surface area (Å²) in [5, 5.41) is 6.42. The van der Waals surface area contributed by atoms with E-state index in [0.717, 1.165) is 38.4 Å². The fourth-order valence-electron chi connectivity index (χ4n) is 1.73. The highest BCUT2D eigenvalue weighted by Crippen LogP contribution is 2.35. The Morgan fingerprint density at radius 1 is 1.25 bits per heavy atom. The maximum absolute atomic E-state index is 5.52. The molecule has 2 N–H and O–H groups in total. The van der Waals surface area contributed by atoms with Crippen LogP contribution in [0.5, 0.6) is 0 Å². The first-order valence-electron chi connectivity index (χ1n) is 5.83. The summed E-state index contributed by atoms with van der Waals surface area (Å²) >= 11 is 0. The van der Waals surface area contributed by atoms with Crippen molar-refractivity contribution >= 4 is 29.9 Å². The molecule has 16 heavy (non-hydrogen) atoms. The molecular formula is C11H24IN3O. The number of hydrogen-bond donors (Lipinski definition) is 2. The lowest BCUT2D eigenvalue weighted by molar-refractivity contribution is -0.0630. The fourth-order valence-corrected chi connectivity index (χ4v) is 1.73. The second-order valence-corrected chi connectivity index (χ2v) is 3.97. The quantitative estimate of drug-likeness (QED) is 0.455. The van der Waals surface area contributed by atoms with E-state index in [1.165, 1.54) is 6.42 Å². The first-order valence-corrected chi connectivity index (χ1v) is 5.83. The zero-order valence-electron chi connectivity index (χ0n) is 10.5. The fraction of sp³-hybridized carbons (Fsp3) is 0.909. The van der Waals surface area contributed by atoms with Gasteiger partial charge in [0.2, 0.25) is 0 Å². The molecule has 5 heteroatoms. The molecule has 0 aromatic heterocycles. The third-order valence-electron chi connectivity index (χ3n) is 2.91. The summed E-state index contributed by atoms with van der Waals surface area (Å²) in [7, 11) is 1.79. The van der Waals surface area contributed by atoms with Crippen LogP contribution in [-0.2, 0) is 4.74 Å². The van der Waals surface area contributed by atoms with Crippen molar-refractivity contribution in [2.75, 3.05) is 26.7 Å². The molecule has 1 fully saturated rings. The zero-order chi connectivity index (χ0) is 11.1. The number of aliphatic imine (C=N–C) groups is 1. The van der Waals surface area contributed by atoms with Crippen LogP contribution in [0.4, 0.5) is 0 Å². The van der Waals surface area contributed by atoms with Crippen molar-refractivity contribution in [2.24, 2.45) is 4.99 Å². The molecule has 0 heterocycles. The highest BCUT2D eigenvalue weighted by Gasteiger charge is 2.36. The number of methoxy groups -OCH3 is 1. The second kappa shape index (κ2) is 8.11. The molecule has 0 aliphatic heterocycles. The Labute approximate surface area is 116 Å². The summed E-state index contributed by atoms with van der Waals surface area (Å²) < 4.78 is 5.52. The van der Waals surface area contributed by atoms with Crippen LogP contribution in [0, 0.1) is 0 Å². The molecule has 96 valence electrons. The minimum absolute atomic E-state index is 0. The molecule has 0 amide bonds. The summed E-state index contributed by atoms with van der Waals surface area (Å²) in [4.78, 5) is 4.54. The number of nitrogens with one attached hydrogen (secondary N) is 2. The van der Waals surface area contributed by atoms with Gasteiger partial charge in [0.15, 0.2) is 5.96 Å². The number of nitrogens with zero attached hydrogens (tertiary/aromatic N) is 1. The SMILES string of the molecule is CCNC(=NCC1(OC)CCC1)NCC.I. The van der Waals surface area contributed by atoms with Gasteiger partial charge in [0.1, 0.15) is 0 Å². The lowest BCUT2D eigenvalue weighted by atomic mass is 9.80. The van der Waals surface area contributed by atoms with Crippen molar-refractivity contribution < 1.29 is 4.74 Å². The smallest absolute Gasteiger partial charge is 0.191 e. The molecule has 1 saturated carbocycles. The van der Waals surface area contributed by atoms with Crippen molar-refractivity contribution in [1.82, 2.24) is 10.6 Å². The van der Waals surface area contributed by atoms with Crippen LogP contribution in [0.2, 0.25) is 0 Å². The van der Waals surface area contributed by atoms with Crippen LogP contribution in [0.15, 0.2) is 4.99 Å². The van der Waals surface area contributed by atoms with E-state index in [4.69, 9.17) is 4.74 Å². The van der Waals surface area contributed by atoms with Gasteiger partial charge in [0.05, 0.1) is 12.1 Å². The number of halogens is 1. The Hall–Kier alpha value is -0.0400. The molecule has 0 aromatic carbocycles. The van der Waals surface area contributed by atoms with E-state index in [1.54, 1.807) is 7.11 Å². The first kappa shape index (κ1) is 16.0. The van der Waals surface area contributed by atoms with E-state index < -0.39 is 0 Å². The average molecular weight is 341 g/mol. The van der Waals surface area contributed by atoms with Gasteiger partial charge >= 0.3 is 0 Å². The molecule has 4 nitrogen and oxygen atoms in total. The van der Waals surface area contributed by atoms with Crippen molar-refractivity contribution in [3.8, 4) is 0 Å². The van der Waals surface area contributed by atoms with Gasteiger partial charge < -0.3 is 15.4 Å². The van der Waals surface area contributed by atoms with Crippen LogP contribution in [0.1, 0.15) is 33.1 Å².